The Morgan fingerprint density at radius 2 is 2.22 bits per heavy atom. The Hall–Kier alpha value is -0.740. The van der Waals surface area contributed by atoms with Gasteiger partial charge < -0.3 is 10.6 Å². The lowest BCUT2D eigenvalue weighted by Crippen LogP contribution is -2.32. The van der Waals surface area contributed by atoms with E-state index in [9.17, 15) is 0 Å². The van der Waals surface area contributed by atoms with Gasteiger partial charge in [0.25, 0.3) is 0 Å². The Balaban J connectivity index is 0.00000180. The quantitative estimate of drug-likeness (QED) is 0.836. The molecule has 0 aromatic heterocycles. The Kier molecular flexibility index (Phi) is 4.51. The van der Waals surface area contributed by atoms with Gasteiger partial charge in [0.05, 0.1) is 5.04 Å². The fourth-order valence-corrected chi connectivity index (χ4v) is 3.53. The number of hydrogen-bond donors (Lipinski definition) is 1. The fourth-order valence-electron chi connectivity index (χ4n) is 2.40. The number of nitrogens with zero attached hydrogens (tertiary/aromatic N) is 2. The monoisotopic (exact) mass is 267 g/mol. The Morgan fingerprint density at radius 3 is 2.83 bits per heavy atom. The van der Waals surface area contributed by atoms with Gasteiger partial charge in [0.1, 0.15) is 0 Å². The number of hydrogen-bond acceptors (Lipinski definition) is 4. The van der Waals surface area contributed by atoms with Gasteiger partial charge in [-0.15, -0.1) is 11.8 Å². The smallest absolute Gasteiger partial charge is 0.0910 e. The molecule has 0 aromatic rings. The number of dihydropyridines is 1. The Bertz CT molecular complexity index is 384. The summed E-state index contributed by atoms with van der Waals surface area (Å²) in [4.78, 5) is 7.04. The van der Waals surface area contributed by atoms with E-state index in [0.29, 0.717) is 16.9 Å². The molecule has 1 saturated heterocycles. The van der Waals surface area contributed by atoms with Crippen molar-refractivity contribution in [1.82, 2.24) is 4.90 Å². The van der Waals surface area contributed by atoms with Crippen molar-refractivity contribution in [1.29, 1.82) is 0 Å². The molecule has 0 saturated carbocycles. The third-order valence-corrected chi connectivity index (χ3v) is 4.95. The van der Waals surface area contributed by atoms with Crippen molar-refractivity contribution < 1.29 is 1.43 Å². The molecule has 1 atom stereocenters. The van der Waals surface area contributed by atoms with Crippen LogP contribution >= 0.6 is 11.8 Å². The van der Waals surface area contributed by atoms with Gasteiger partial charge >= 0.3 is 0 Å². The molecule has 2 aliphatic rings. The molecule has 18 heavy (non-hydrogen) atoms. The minimum atomic E-state index is 0. The average Bonchev–Trinajstić information content (AvgIpc) is 2.34. The van der Waals surface area contributed by atoms with Gasteiger partial charge in [0.15, 0.2) is 0 Å². The van der Waals surface area contributed by atoms with E-state index in [4.69, 9.17) is 5.73 Å². The van der Waals surface area contributed by atoms with Crippen LogP contribution in [-0.4, -0.2) is 41.9 Å². The maximum Gasteiger partial charge on any atom is 0.0910 e. The standard InChI is InChI=1S/C14H23N3S.H2/c1-10-9-16-14(8-13(10)11(2)15)18-12-4-6-17(3)7-5-12;/h8,10,12H,2,4-7,9,15H2,1,3H3;1H. The summed E-state index contributed by atoms with van der Waals surface area (Å²) in [5, 5.41) is 1.85. The van der Waals surface area contributed by atoms with Gasteiger partial charge in [-0.05, 0) is 44.6 Å². The van der Waals surface area contributed by atoms with Gasteiger partial charge in [0, 0.05) is 24.8 Å². The van der Waals surface area contributed by atoms with E-state index in [1.807, 2.05) is 11.8 Å². The fraction of sp³-hybridized carbons (Fsp3) is 0.643. The van der Waals surface area contributed by atoms with E-state index >= 15 is 0 Å². The number of allylic oxidation sites excluding steroid dienone is 1. The minimum absolute atomic E-state index is 0. The van der Waals surface area contributed by atoms with E-state index in [2.05, 4.69) is 36.5 Å². The summed E-state index contributed by atoms with van der Waals surface area (Å²) in [6.07, 6.45) is 4.64. The van der Waals surface area contributed by atoms with E-state index in [1.54, 1.807) is 0 Å². The molecule has 2 aliphatic heterocycles. The van der Waals surface area contributed by atoms with Crippen LogP contribution in [0.3, 0.4) is 0 Å². The second kappa shape index (κ2) is 5.93. The first-order chi connectivity index (χ1) is 8.56. The number of piperidine rings is 1. The Morgan fingerprint density at radius 1 is 1.56 bits per heavy atom. The topological polar surface area (TPSA) is 41.6 Å². The van der Waals surface area contributed by atoms with E-state index < -0.39 is 0 Å². The molecule has 0 radical (unpaired) electrons. The lowest BCUT2D eigenvalue weighted by atomic mass is 9.97. The first kappa shape index (κ1) is 13.7. The zero-order valence-corrected chi connectivity index (χ0v) is 12.2. The van der Waals surface area contributed by atoms with Crippen molar-refractivity contribution in [2.45, 2.75) is 25.0 Å². The number of likely N-dealkylation sites (tertiary alicyclic amines) is 1. The highest BCUT2D eigenvalue weighted by Gasteiger charge is 2.21. The zero-order valence-electron chi connectivity index (χ0n) is 11.4. The highest BCUT2D eigenvalue weighted by molar-refractivity contribution is 8.14. The number of thioether (sulfide) groups is 1. The van der Waals surface area contributed by atoms with E-state index in [-0.39, 0.29) is 1.43 Å². The van der Waals surface area contributed by atoms with Crippen LogP contribution in [0.25, 0.3) is 0 Å². The van der Waals surface area contributed by atoms with Crippen LogP contribution in [0.2, 0.25) is 0 Å². The summed E-state index contributed by atoms with van der Waals surface area (Å²) in [5.74, 6) is 0.407. The lowest BCUT2D eigenvalue weighted by molar-refractivity contribution is 0.282. The molecule has 3 nitrogen and oxygen atoms in total. The summed E-state index contributed by atoms with van der Waals surface area (Å²) in [5.41, 5.74) is 7.70. The van der Waals surface area contributed by atoms with Crippen molar-refractivity contribution >= 4 is 16.8 Å². The van der Waals surface area contributed by atoms with Gasteiger partial charge in [-0.25, -0.2) is 0 Å². The van der Waals surface area contributed by atoms with Crippen LogP contribution in [-0.2, 0) is 0 Å². The summed E-state index contributed by atoms with van der Waals surface area (Å²) in [6.45, 7) is 9.25. The first-order valence-electron chi connectivity index (χ1n) is 6.62. The van der Waals surface area contributed by atoms with Crippen molar-refractivity contribution in [3.8, 4) is 0 Å². The molecule has 4 heteroatoms. The molecule has 2 N–H and O–H groups in total. The minimum Gasteiger partial charge on any atom is -0.399 e. The van der Waals surface area contributed by atoms with E-state index in [1.165, 1.54) is 31.5 Å². The molecule has 0 bridgehead atoms. The third-order valence-electron chi connectivity index (χ3n) is 3.65. The molecule has 2 heterocycles. The zero-order chi connectivity index (χ0) is 13.1. The third kappa shape index (κ3) is 3.39. The van der Waals surface area contributed by atoms with Gasteiger partial charge in [0.2, 0.25) is 0 Å². The lowest BCUT2D eigenvalue weighted by Gasteiger charge is -2.29. The molecule has 0 amide bonds. The van der Waals surface area contributed by atoms with Crippen LogP contribution in [0.15, 0.2) is 28.9 Å². The molecule has 0 aromatic carbocycles. The second-order valence-electron chi connectivity index (χ2n) is 5.33. The van der Waals surface area contributed by atoms with E-state index in [0.717, 1.165) is 11.6 Å². The second-order valence-corrected chi connectivity index (χ2v) is 6.65. The SMILES string of the molecule is C=C(N)C1=CC(SC2CCN(C)CC2)=NCC1C.[HH]. The van der Waals surface area contributed by atoms with Gasteiger partial charge in [-0.3, -0.25) is 4.99 Å². The molecule has 102 valence electrons. The first-order valence-corrected chi connectivity index (χ1v) is 7.50. The largest absolute Gasteiger partial charge is 0.399 e. The predicted octanol–water partition coefficient (Wildman–Crippen LogP) is 2.51. The predicted molar refractivity (Wildman–Crippen MR) is 83.1 cm³/mol. The average molecular weight is 267 g/mol. The van der Waals surface area contributed by atoms with Gasteiger partial charge in [-0.1, -0.05) is 13.5 Å². The summed E-state index contributed by atoms with van der Waals surface area (Å²) in [6, 6.07) is 0. The van der Waals surface area contributed by atoms with Crippen molar-refractivity contribution in [3.05, 3.63) is 23.9 Å². The van der Waals surface area contributed by atoms with Crippen LogP contribution in [0.1, 0.15) is 21.2 Å². The summed E-state index contributed by atoms with van der Waals surface area (Å²) < 4.78 is 0. The van der Waals surface area contributed by atoms with Crippen LogP contribution in [0.4, 0.5) is 0 Å². The molecule has 1 fully saturated rings. The van der Waals surface area contributed by atoms with Crippen molar-refractivity contribution in [2.24, 2.45) is 16.6 Å². The van der Waals surface area contributed by atoms with Gasteiger partial charge in [-0.2, -0.15) is 0 Å². The normalized spacial score (nSPS) is 26.7. The summed E-state index contributed by atoms with van der Waals surface area (Å²) >= 11 is 1.92. The molecule has 0 aliphatic carbocycles. The van der Waals surface area contributed by atoms with Crippen LogP contribution < -0.4 is 5.73 Å². The Labute approximate surface area is 116 Å². The van der Waals surface area contributed by atoms with Crippen molar-refractivity contribution in [3.63, 3.8) is 0 Å². The number of rotatable bonds is 2. The molecule has 1 unspecified atom stereocenters. The number of aliphatic imine (C=N–C) groups is 1. The summed E-state index contributed by atoms with van der Waals surface area (Å²) in [7, 11) is 2.19. The highest BCUT2D eigenvalue weighted by Crippen LogP contribution is 2.29. The number of nitrogens with two attached hydrogens (primary N) is 1. The molecule has 0 spiro atoms. The van der Waals surface area contributed by atoms with Crippen molar-refractivity contribution in [2.75, 3.05) is 26.7 Å². The molecular weight excluding hydrogens is 242 g/mol. The maximum atomic E-state index is 5.84. The van der Waals surface area contributed by atoms with Crippen LogP contribution in [0.5, 0.6) is 0 Å². The molecular formula is C14H25N3S. The van der Waals surface area contributed by atoms with Crippen LogP contribution in [0, 0.1) is 5.92 Å². The highest BCUT2D eigenvalue weighted by atomic mass is 32.2. The molecule has 2 rings (SSSR count). The maximum absolute atomic E-state index is 5.84.